The first kappa shape index (κ1) is 22.7. The number of hydrogen-bond donors (Lipinski definition) is 1. The summed E-state index contributed by atoms with van der Waals surface area (Å²) in [5.41, 5.74) is 2.18. The number of nitrogens with zero attached hydrogens (tertiary/aromatic N) is 2. The molecular formula is C22H31N3O3S. The molecule has 2 rings (SSSR count). The van der Waals surface area contributed by atoms with E-state index in [1.54, 1.807) is 12.1 Å². The molecule has 0 atom stereocenters. The van der Waals surface area contributed by atoms with Crippen molar-refractivity contribution < 1.29 is 13.2 Å². The summed E-state index contributed by atoms with van der Waals surface area (Å²) in [5.74, 6) is 1.73. The predicted octanol–water partition coefficient (Wildman–Crippen LogP) is 2.92. The summed E-state index contributed by atoms with van der Waals surface area (Å²) in [6.45, 7) is 6.75. The maximum absolute atomic E-state index is 11.5. The largest absolute Gasteiger partial charge is 0.491 e. The third-order valence-corrected chi connectivity index (χ3v) is 5.62. The number of hydrogen-bond acceptors (Lipinski definition) is 4. The van der Waals surface area contributed by atoms with Gasteiger partial charge in [-0.1, -0.05) is 30.3 Å². The fourth-order valence-corrected chi connectivity index (χ4v) is 3.41. The number of para-hydroxylation sites is 1. The first-order valence-electron chi connectivity index (χ1n) is 9.78. The van der Waals surface area contributed by atoms with Crippen LogP contribution >= 0.6 is 0 Å². The van der Waals surface area contributed by atoms with E-state index in [1.807, 2.05) is 57.3 Å². The Labute approximate surface area is 174 Å². The van der Waals surface area contributed by atoms with Gasteiger partial charge in [-0.2, -0.15) is 0 Å². The van der Waals surface area contributed by atoms with E-state index in [0.29, 0.717) is 24.6 Å². The summed E-state index contributed by atoms with van der Waals surface area (Å²) >= 11 is 0. The van der Waals surface area contributed by atoms with E-state index >= 15 is 0 Å². The molecule has 0 aliphatic heterocycles. The Morgan fingerprint density at radius 3 is 2.45 bits per heavy atom. The molecule has 0 bridgehead atoms. The SMILES string of the molecule is CCNC(=NCCc1ccc(S(C)(=O)=O)cc1)N(C)CCOc1ccccc1C. The molecule has 0 amide bonds. The molecule has 0 saturated carbocycles. The molecule has 0 unspecified atom stereocenters. The molecule has 0 aromatic heterocycles. The summed E-state index contributed by atoms with van der Waals surface area (Å²) in [4.78, 5) is 7.07. The first-order valence-corrected chi connectivity index (χ1v) is 11.7. The second-order valence-corrected chi connectivity index (χ2v) is 8.95. The second-order valence-electron chi connectivity index (χ2n) is 6.94. The third-order valence-electron chi connectivity index (χ3n) is 4.49. The highest BCUT2D eigenvalue weighted by Gasteiger charge is 2.08. The van der Waals surface area contributed by atoms with E-state index < -0.39 is 9.84 Å². The van der Waals surface area contributed by atoms with Gasteiger partial charge in [0, 0.05) is 26.4 Å². The zero-order chi connectivity index (χ0) is 21.3. The Kier molecular flexibility index (Phi) is 8.51. The molecule has 0 heterocycles. The topological polar surface area (TPSA) is 71.0 Å². The fourth-order valence-electron chi connectivity index (χ4n) is 2.78. The normalized spacial score (nSPS) is 11.9. The minimum atomic E-state index is -3.16. The molecule has 0 saturated heterocycles. The van der Waals surface area contributed by atoms with Gasteiger partial charge in [-0.3, -0.25) is 4.99 Å². The quantitative estimate of drug-likeness (QED) is 0.502. The zero-order valence-corrected chi connectivity index (χ0v) is 18.5. The average Bonchev–Trinajstić information content (AvgIpc) is 2.68. The van der Waals surface area contributed by atoms with Gasteiger partial charge in [0.1, 0.15) is 12.4 Å². The average molecular weight is 418 g/mol. The van der Waals surface area contributed by atoms with Crippen LogP contribution in [0, 0.1) is 6.92 Å². The standard InChI is InChI=1S/C22H31N3O3S/c1-5-23-22(25(3)16-17-28-21-9-7-6-8-18(21)2)24-15-14-19-10-12-20(13-11-19)29(4,26)27/h6-13H,5,14-17H2,1-4H3,(H,23,24). The minimum Gasteiger partial charge on any atom is -0.491 e. The lowest BCUT2D eigenvalue weighted by atomic mass is 10.1. The van der Waals surface area contributed by atoms with E-state index in [0.717, 1.165) is 35.8 Å². The summed E-state index contributed by atoms with van der Waals surface area (Å²) < 4.78 is 29.0. The molecule has 158 valence electrons. The first-order chi connectivity index (χ1) is 13.8. The summed E-state index contributed by atoms with van der Waals surface area (Å²) in [7, 11) is -1.17. The predicted molar refractivity (Wildman–Crippen MR) is 119 cm³/mol. The van der Waals surface area contributed by atoms with Gasteiger partial charge in [0.25, 0.3) is 0 Å². The van der Waals surface area contributed by atoms with Crippen LogP contribution in [0.3, 0.4) is 0 Å². The Morgan fingerprint density at radius 2 is 1.83 bits per heavy atom. The van der Waals surface area contributed by atoms with Crippen LogP contribution < -0.4 is 10.1 Å². The summed E-state index contributed by atoms with van der Waals surface area (Å²) in [5, 5.41) is 3.30. The Hall–Kier alpha value is -2.54. The molecule has 29 heavy (non-hydrogen) atoms. The fraction of sp³-hybridized carbons (Fsp3) is 0.409. The molecule has 0 spiro atoms. The van der Waals surface area contributed by atoms with Crippen LogP contribution in [0.1, 0.15) is 18.1 Å². The van der Waals surface area contributed by atoms with Crippen LogP contribution in [-0.2, 0) is 16.3 Å². The van der Waals surface area contributed by atoms with E-state index in [4.69, 9.17) is 4.74 Å². The van der Waals surface area contributed by atoms with Crippen molar-refractivity contribution in [1.29, 1.82) is 0 Å². The molecular weight excluding hydrogens is 386 g/mol. The lowest BCUT2D eigenvalue weighted by molar-refractivity contribution is 0.280. The van der Waals surface area contributed by atoms with Crippen molar-refractivity contribution in [3.8, 4) is 5.75 Å². The number of ether oxygens (including phenoxy) is 1. The molecule has 1 N–H and O–H groups in total. The van der Waals surface area contributed by atoms with E-state index in [1.165, 1.54) is 6.26 Å². The van der Waals surface area contributed by atoms with Crippen LogP contribution in [0.2, 0.25) is 0 Å². The molecule has 7 heteroatoms. The van der Waals surface area contributed by atoms with Gasteiger partial charge >= 0.3 is 0 Å². The lowest BCUT2D eigenvalue weighted by Gasteiger charge is -2.22. The number of guanidine groups is 1. The van der Waals surface area contributed by atoms with Gasteiger partial charge in [-0.25, -0.2) is 8.42 Å². The van der Waals surface area contributed by atoms with Gasteiger partial charge in [-0.05, 0) is 49.6 Å². The Balaban J connectivity index is 1.88. The number of aliphatic imine (C=N–C) groups is 1. The summed E-state index contributed by atoms with van der Waals surface area (Å²) in [6.07, 6.45) is 1.96. The molecule has 0 radical (unpaired) electrons. The van der Waals surface area contributed by atoms with Crippen LogP contribution in [-0.4, -0.2) is 58.8 Å². The number of rotatable bonds is 9. The van der Waals surface area contributed by atoms with Gasteiger partial charge in [-0.15, -0.1) is 0 Å². The smallest absolute Gasteiger partial charge is 0.193 e. The molecule has 0 fully saturated rings. The van der Waals surface area contributed by atoms with Crippen molar-refractivity contribution in [3.63, 3.8) is 0 Å². The van der Waals surface area contributed by atoms with Crippen molar-refractivity contribution in [3.05, 3.63) is 59.7 Å². The van der Waals surface area contributed by atoms with E-state index in [2.05, 4.69) is 15.2 Å². The number of nitrogens with one attached hydrogen (secondary N) is 1. The zero-order valence-electron chi connectivity index (χ0n) is 17.7. The second kappa shape index (κ2) is 10.9. The number of sulfone groups is 1. The highest BCUT2D eigenvalue weighted by molar-refractivity contribution is 7.90. The van der Waals surface area contributed by atoms with Crippen molar-refractivity contribution >= 4 is 15.8 Å². The number of aryl methyl sites for hydroxylation is 1. The monoisotopic (exact) mass is 417 g/mol. The molecule has 0 aliphatic carbocycles. The minimum absolute atomic E-state index is 0.339. The van der Waals surface area contributed by atoms with Gasteiger partial charge in [0.15, 0.2) is 15.8 Å². The summed E-state index contributed by atoms with van der Waals surface area (Å²) in [6, 6.07) is 15.0. The Morgan fingerprint density at radius 1 is 1.14 bits per heavy atom. The molecule has 6 nitrogen and oxygen atoms in total. The highest BCUT2D eigenvalue weighted by atomic mass is 32.2. The van der Waals surface area contributed by atoms with Crippen molar-refractivity contribution in [2.75, 3.05) is 39.5 Å². The molecule has 2 aromatic carbocycles. The maximum Gasteiger partial charge on any atom is 0.193 e. The van der Waals surface area contributed by atoms with Crippen molar-refractivity contribution in [2.24, 2.45) is 4.99 Å². The highest BCUT2D eigenvalue weighted by Crippen LogP contribution is 2.16. The van der Waals surface area contributed by atoms with Crippen LogP contribution in [0.5, 0.6) is 5.75 Å². The maximum atomic E-state index is 11.5. The van der Waals surface area contributed by atoms with Crippen LogP contribution in [0.25, 0.3) is 0 Å². The number of benzene rings is 2. The van der Waals surface area contributed by atoms with Gasteiger partial charge < -0.3 is 15.0 Å². The van der Waals surface area contributed by atoms with Crippen molar-refractivity contribution in [1.82, 2.24) is 10.2 Å². The van der Waals surface area contributed by atoms with E-state index in [9.17, 15) is 8.42 Å². The molecule has 0 aliphatic rings. The van der Waals surface area contributed by atoms with E-state index in [-0.39, 0.29) is 0 Å². The molecule has 2 aromatic rings. The third kappa shape index (κ3) is 7.42. The van der Waals surface area contributed by atoms with Gasteiger partial charge in [0.2, 0.25) is 0 Å². The Bertz CT molecular complexity index is 909. The van der Waals surface area contributed by atoms with Crippen LogP contribution in [0.15, 0.2) is 58.4 Å². The van der Waals surface area contributed by atoms with Crippen molar-refractivity contribution in [2.45, 2.75) is 25.2 Å². The van der Waals surface area contributed by atoms with Gasteiger partial charge in [0.05, 0.1) is 11.4 Å². The van der Waals surface area contributed by atoms with Crippen LogP contribution in [0.4, 0.5) is 0 Å². The lowest BCUT2D eigenvalue weighted by Crippen LogP contribution is -2.41. The number of likely N-dealkylation sites (N-methyl/N-ethyl adjacent to an activating group) is 1.